The summed E-state index contributed by atoms with van der Waals surface area (Å²) in [7, 11) is 0. The van der Waals surface area contributed by atoms with Gasteiger partial charge in [0.25, 0.3) is 5.91 Å². The van der Waals surface area contributed by atoms with Crippen molar-refractivity contribution in [1.82, 2.24) is 4.98 Å². The third kappa shape index (κ3) is 4.77. The first-order chi connectivity index (χ1) is 10.9. The molecule has 23 heavy (non-hydrogen) atoms. The van der Waals surface area contributed by atoms with Crippen LogP contribution < -0.4 is 5.32 Å². The number of rotatable bonds is 4. The Labute approximate surface area is 147 Å². The Kier molecular flexibility index (Phi) is 5.74. The molecule has 1 N–H and O–H groups in total. The van der Waals surface area contributed by atoms with Gasteiger partial charge in [-0.3, -0.25) is 4.79 Å². The normalized spacial score (nSPS) is 10.3. The number of benzene rings is 1. The Morgan fingerprint density at radius 2 is 2.04 bits per heavy atom. The fraction of sp³-hybridized carbons (Fsp3) is 0.188. The number of hydrogen-bond donors (Lipinski definition) is 1. The lowest BCUT2D eigenvalue weighted by molar-refractivity contribution is -0.119. The smallest absolute Gasteiger partial charge is 0.342 e. The van der Waals surface area contributed by atoms with E-state index in [1.165, 1.54) is 0 Å². The van der Waals surface area contributed by atoms with E-state index in [0.29, 0.717) is 16.9 Å². The van der Waals surface area contributed by atoms with Gasteiger partial charge in [-0.1, -0.05) is 33.6 Å². The van der Waals surface area contributed by atoms with Crippen molar-refractivity contribution in [2.24, 2.45) is 0 Å². The molecule has 1 heterocycles. The molecule has 7 heteroatoms. The number of anilines is 1. The van der Waals surface area contributed by atoms with Crippen LogP contribution >= 0.6 is 27.5 Å². The molecule has 0 atom stereocenters. The number of amides is 1. The summed E-state index contributed by atoms with van der Waals surface area (Å²) in [5, 5.41) is 2.70. The first kappa shape index (κ1) is 17.4. The van der Waals surface area contributed by atoms with Crippen LogP contribution in [0.5, 0.6) is 0 Å². The van der Waals surface area contributed by atoms with Crippen molar-refractivity contribution in [3.8, 4) is 0 Å². The van der Waals surface area contributed by atoms with Gasteiger partial charge in [0.05, 0.1) is 5.56 Å². The predicted molar refractivity (Wildman–Crippen MR) is 91.8 cm³/mol. The minimum Gasteiger partial charge on any atom is -0.452 e. The highest BCUT2D eigenvalue weighted by atomic mass is 79.9. The van der Waals surface area contributed by atoms with E-state index >= 15 is 0 Å². The van der Waals surface area contributed by atoms with E-state index in [-0.39, 0.29) is 10.7 Å². The summed E-state index contributed by atoms with van der Waals surface area (Å²) in [6.07, 6.45) is 0. The number of pyridine rings is 1. The van der Waals surface area contributed by atoms with Gasteiger partial charge in [-0.25, -0.2) is 9.78 Å². The molecule has 0 fully saturated rings. The minimum absolute atomic E-state index is 0.0694. The lowest BCUT2D eigenvalue weighted by atomic mass is 10.1. The number of aromatic nitrogens is 1. The lowest BCUT2D eigenvalue weighted by Gasteiger charge is -2.10. The monoisotopic (exact) mass is 396 g/mol. The summed E-state index contributed by atoms with van der Waals surface area (Å²) < 4.78 is 5.84. The largest absolute Gasteiger partial charge is 0.452 e. The molecule has 120 valence electrons. The molecular formula is C16H14BrClN2O3. The molecule has 0 bridgehead atoms. The quantitative estimate of drug-likeness (QED) is 0.627. The Bertz CT molecular complexity index is 742. The summed E-state index contributed by atoms with van der Waals surface area (Å²) in [4.78, 5) is 27.9. The van der Waals surface area contributed by atoms with Crippen LogP contribution in [0.25, 0.3) is 0 Å². The summed E-state index contributed by atoms with van der Waals surface area (Å²) >= 11 is 9.28. The standard InChI is InChI=1S/C16H14BrClN2O3/c1-9-6-10(2)19-15(18)14(9)16(22)23-8-13(21)20-12-5-3-4-11(17)7-12/h3-7H,8H2,1-2H3,(H,20,21). The van der Waals surface area contributed by atoms with Gasteiger partial charge in [-0.2, -0.15) is 0 Å². The number of ether oxygens (including phenoxy) is 1. The maximum atomic E-state index is 12.1. The Hall–Kier alpha value is -1.92. The molecule has 0 aliphatic carbocycles. The van der Waals surface area contributed by atoms with Gasteiger partial charge in [0.1, 0.15) is 5.15 Å². The number of halogens is 2. The number of nitrogens with one attached hydrogen (secondary N) is 1. The van der Waals surface area contributed by atoms with E-state index in [2.05, 4.69) is 26.2 Å². The van der Waals surface area contributed by atoms with Crippen LogP contribution in [0.4, 0.5) is 5.69 Å². The van der Waals surface area contributed by atoms with Crippen molar-refractivity contribution >= 4 is 45.1 Å². The molecule has 0 aliphatic rings. The summed E-state index contributed by atoms with van der Waals surface area (Å²) in [5.74, 6) is -1.12. The highest BCUT2D eigenvalue weighted by molar-refractivity contribution is 9.10. The zero-order valence-electron chi connectivity index (χ0n) is 12.5. The molecule has 2 aromatic rings. The van der Waals surface area contributed by atoms with Gasteiger partial charge in [0.15, 0.2) is 6.61 Å². The van der Waals surface area contributed by atoms with E-state index < -0.39 is 18.5 Å². The van der Waals surface area contributed by atoms with E-state index in [9.17, 15) is 9.59 Å². The molecule has 1 aromatic carbocycles. The van der Waals surface area contributed by atoms with Crippen molar-refractivity contribution in [3.05, 3.63) is 56.8 Å². The molecule has 5 nitrogen and oxygen atoms in total. The van der Waals surface area contributed by atoms with E-state index in [0.717, 1.165) is 4.47 Å². The molecule has 1 amide bonds. The fourth-order valence-electron chi connectivity index (χ4n) is 2.00. The average molecular weight is 398 g/mol. The van der Waals surface area contributed by atoms with Gasteiger partial charge in [0, 0.05) is 15.9 Å². The van der Waals surface area contributed by atoms with Crippen molar-refractivity contribution in [2.45, 2.75) is 13.8 Å². The first-order valence-electron chi connectivity index (χ1n) is 6.73. The topological polar surface area (TPSA) is 68.3 Å². The Morgan fingerprint density at radius 1 is 1.30 bits per heavy atom. The minimum atomic E-state index is -0.676. The van der Waals surface area contributed by atoms with Crippen LogP contribution in [0.2, 0.25) is 5.15 Å². The number of aryl methyl sites for hydroxylation is 2. The van der Waals surface area contributed by atoms with Gasteiger partial charge in [-0.05, 0) is 43.7 Å². The average Bonchev–Trinajstić information content (AvgIpc) is 2.44. The summed E-state index contributed by atoms with van der Waals surface area (Å²) in [6.45, 7) is 3.10. The number of carbonyl (C=O) groups is 2. The van der Waals surface area contributed by atoms with Crippen LogP contribution in [-0.2, 0) is 9.53 Å². The highest BCUT2D eigenvalue weighted by Crippen LogP contribution is 2.20. The lowest BCUT2D eigenvalue weighted by Crippen LogP contribution is -2.21. The van der Waals surface area contributed by atoms with E-state index in [1.54, 1.807) is 38.1 Å². The third-order valence-corrected chi connectivity index (χ3v) is 3.71. The second-order valence-electron chi connectivity index (χ2n) is 4.88. The fourth-order valence-corrected chi connectivity index (χ4v) is 2.76. The van der Waals surface area contributed by atoms with Crippen molar-refractivity contribution in [3.63, 3.8) is 0 Å². The van der Waals surface area contributed by atoms with Crippen molar-refractivity contribution < 1.29 is 14.3 Å². The molecule has 0 radical (unpaired) electrons. The zero-order valence-corrected chi connectivity index (χ0v) is 14.9. The molecule has 0 saturated carbocycles. The predicted octanol–water partition coefficient (Wildman–Crippen LogP) is 3.91. The van der Waals surface area contributed by atoms with Crippen LogP contribution in [-0.4, -0.2) is 23.5 Å². The first-order valence-corrected chi connectivity index (χ1v) is 7.90. The van der Waals surface area contributed by atoms with Crippen molar-refractivity contribution in [2.75, 3.05) is 11.9 Å². The summed E-state index contributed by atoms with van der Waals surface area (Å²) in [6, 6.07) is 8.82. The number of esters is 1. The van der Waals surface area contributed by atoms with Crippen LogP contribution in [0.15, 0.2) is 34.8 Å². The van der Waals surface area contributed by atoms with Crippen LogP contribution in [0.1, 0.15) is 21.6 Å². The second-order valence-corrected chi connectivity index (χ2v) is 6.15. The zero-order chi connectivity index (χ0) is 17.0. The van der Waals surface area contributed by atoms with Gasteiger partial charge >= 0.3 is 5.97 Å². The Morgan fingerprint density at radius 3 is 2.70 bits per heavy atom. The molecule has 0 saturated heterocycles. The number of hydrogen-bond acceptors (Lipinski definition) is 4. The van der Waals surface area contributed by atoms with Gasteiger partial charge < -0.3 is 10.1 Å². The molecular weight excluding hydrogens is 384 g/mol. The maximum absolute atomic E-state index is 12.1. The number of nitrogens with zero attached hydrogens (tertiary/aromatic N) is 1. The summed E-state index contributed by atoms with van der Waals surface area (Å²) in [5.41, 5.74) is 2.13. The second kappa shape index (κ2) is 7.57. The maximum Gasteiger partial charge on any atom is 0.342 e. The third-order valence-electron chi connectivity index (χ3n) is 2.95. The number of carbonyl (C=O) groups excluding carboxylic acids is 2. The van der Waals surface area contributed by atoms with Gasteiger partial charge in [-0.15, -0.1) is 0 Å². The Balaban J connectivity index is 1.98. The van der Waals surface area contributed by atoms with E-state index in [1.807, 2.05) is 6.07 Å². The van der Waals surface area contributed by atoms with Gasteiger partial charge in [0.2, 0.25) is 0 Å². The highest BCUT2D eigenvalue weighted by Gasteiger charge is 2.18. The van der Waals surface area contributed by atoms with Crippen LogP contribution in [0.3, 0.4) is 0 Å². The molecule has 0 unspecified atom stereocenters. The molecule has 2 rings (SSSR count). The van der Waals surface area contributed by atoms with Crippen molar-refractivity contribution in [1.29, 1.82) is 0 Å². The van der Waals surface area contributed by atoms with Crippen LogP contribution in [0, 0.1) is 13.8 Å². The molecule has 0 aliphatic heterocycles. The molecule has 1 aromatic heterocycles. The molecule has 0 spiro atoms. The SMILES string of the molecule is Cc1cc(C)c(C(=O)OCC(=O)Nc2cccc(Br)c2)c(Cl)n1. The van der Waals surface area contributed by atoms with E-state index in [4.69, 9.17) is 16.3 Å².